The molecule has 1 saturated carbocycles. The van der Waals surface area contributed by atoms with Crippen LogP contribution in [0.15, 0.2) is 0 Å². The Morgan fingerprint density at radius 1 is 1.17 bits per heavy atom. The SMILES string of the molecule is CC(C)(C)OC(=O)N1CCCC2(CCC(OS(C)(=O)=O)CC2)C1. The summed E-state index contributed by atoms with van der Waals surface area (Å²) in [6.45, 7) is 7.06. The molecule has 23 heavy (non-hydrogen) atoms. The highest BCUT2D eigenvalue weighted by atomic mass is 32.2. The van der Waals surface area contributed by atoms with Gasteiger partial charge in [-0.1, -0.05) is 0 Å². The molecule has 1 amide bonds. The van der Waals surface area contributed by atoms with E-state index < -0.39 is 15.7 Å². The molecule has 2 aliphatic rings. The van der Waals surface area contributed by atoms with Gasteiger partial charge in [0.1, 0.15) is 5.60 Å². The van der Waals surface area contributed by atoms with Crippen molar-refractivity contribution in [3.63, 3.8) is 0 Å². The predicted octanol–water partition coefficient (Wildman–Crippen LogP) is 2.92. The molecule has 1 aliphatic heterocycles. The lowest BCUT2D eigenvalue weighted by atomic mass is 9.68. The Morgan fingerprint density at radius 2 is 1.78 bits per heavy atom. The molecule has 0 radical (unpaired) electrons. The molecule has 1 spiro atoms. The molecule has 7 heteroatoms. The van der Waals surface area contributed by atoms with Gasteiger partial charge in [0, 0.05) is 13.1 Å². The van der Waals surface area contributed by atoms with Crippen molar-refractivity contribution in [2.24, 2.45) is 5.41 Å². The molecule has 6 nitrogen and oxygen atoms in total. The third-order valence-electron chi connectivity index (χ3n) is 4.62. The van der Waals surface area contributed by atoms with Gasteiger partial charge < -0.3 is 9.64 Å². The van der Waals surface area contributed by atoms with Crippen LogP contribution in [0, 0.1) is 5.41 Å². The van der Waals surface area contributed by atoms with Crippen LogP contribution in [0.4, 0.5) is 4.79 Å². The van der Waals surface area contributed by atoms with E-state index in [-0.39, 0.29) is 17.6 Å². The normalized spacial score (nSPS) is 29.6. The van der Waals surface area contributed by atoms with E-state index in [4.69, 9.17) is 8.92 Å². The zero-order valence-electron chi connectivity index (χ0n) is 14.6. The van der Waals surface area contributed by atoms with Crippen molar-refractivity contribution in [3.05, 3.63) is 0 Å². The van der Waals surface area contributed by atoms with Gasteiger partial charge in [-0.2, -0.15) is 8.42 Å². The lowest BCUT2D eigenvalue weighted by Gasteiger charge is -2.46. The Morgan fingerprint density at radius 3 is 2.30 bits per heavy atom. The average molecular weight is 347 g/mol. The smallest absolute Gasteiger partial charge is 0.410 e. The second kappa shape index (κ2) is 6.59. The zero-order chi connectivity index (χ0) is 17.3. The highest BCUT2D eigenvalue weighted by Crippen LogP contribution is 2.44. The second-order valence-corrected chi connectivity index (χ2v) is 9.61. The van der Waals surface area contributed by atoms with E-state index >= 15 is 0 Å². The fraction of sp³-hybridized carbons (Fsp3) is 0.938. The average Bonchev–Trinajstić information content (AvgIpc) is 2.39. The van der Waals surface area contributed by atoms with Crippen LogP contribution in [0.5, 0.6) is 0 Å². The van der Waals surface area contributed by atoms with Crippen LogP contribution in [0.3, 0.4) is 0 Å². The van der Waals surface area contributed by atoms with Crippen molar-refractivity contribution in [3.8, 4) is 0 Å². The summed E-state index contributed by atoms with van der Waals surface area (Å²) in [5, 5.41) is 0. The van der Waals surface area contributed by atoms with Crippen LogP contribution in [0.1, 0.15) is 59.3 Å². The summed E-state index contributed by atoms with van der Waals surface area (Å²) in [7, 11) is -3.40. The first-order valence-corrected chi connectivity index (χ1v) is 10.2. The molecule has 1 saturated heterocycles. The van der Waals surface area contributed by atoms with Crippen LogP contribution in [-0.4, -0.2) is 50.5 Å². The minimum absolute atomic E-state index is 0.0898. The number of likely N-dealkylation sites (tertiary alicyclic amines) is 1. The molecule has 2 fully saturated rings. The molecule has 0 aromatic heterocycles. The van der Waals surface area contributed by atoms with Crippen molar-refractivity contribution in [1.82, 2.24) is 4.90 Å². The Hall–Kier alpha value is -0.820. The molecule has 134 valence electrons. The van der Waals surface area contributed by atoms with Gasteiger partial charge in [0.25, 0.3) is 10.1 Å². The van der Waals surface area contributed by atoms with Crippen molar-refractivity contribution in [2.45, 2.75) is 71.0 Å². The molecule has 0 N–H and O–H groups in total. The number of carbonyl (C=O) groups is 1. The third-order valence-corrected chi connectivity index (χ3v) is 5.24. The first-order chi connectivity index (χ1) is 10.5. The van der Waals surface area contributed by atoms with Crippen molar-refractivity contribution < 1.29 is 22.1 Å². The lowest BCUT2D eigenvalue weighted by Crippen LogP contribution is -2.49. The summed E-state index contributed by atoms with van der Waals surface area (Å²) in [6, 6.07) is 0. The number of ether oxygens (including phenoxy) is 1. The molecule has 2 rings (SSSR count). The summed E-state index contributed by atoms with van der Waals surface area (Å²) in [5.74, 6) is 0. The van der Waals surface area contributed by atoms with Crippen LogP contribution >= 0.6 is 0 Å². The van der Waals surface area contributed by atoms with Gasteiger partial charge in [0.05, 0.1) is 12.4 Å². The van der Waals surface area contributed by atoms with E-state index in [9.17, 15) is 13.2 Å². The van der Waals surface area contributed by atoms with E-state index in [0.717, 1.165) is 51.3 Å². The van der Waals surface area contributed by atoms with Gasteiger partial charge in [-0.25, -0.2) is 4.79 Å². The van der Waals surface area contributed by atoms with Crippen LogP contribution in [0.25, 0.3) is 0 Å². The highest BCUT2D eigenvalue weighted by Gasteiger charge is 2.41. The van der Waals surface area contributed by atoms with E-state index in [2.05, 4.69) is 0 Å². The minimum Gasteiger partial charge on any atom is -0.444 e. The molecular weight excluding hydrogens is 318 g/mol. The van der Waals surface area contributed by atoms with Gasteiger partial charge in [0.15, 0.2) is 0 Å². The minimum atomic E-state index is -3.40. The fourth-order valence-corrected chi connectivity index (χ4v) is 4.33. The van der Waals surface area contributed by atoms with E-state index in [1.54, 1.807) is 0 Å². The van der Waals surface area contributed by atoms with Gasteiger partial charge in [-0.3, -0.25) is 4.18 Å². The molecule has 0 bridgehead atoms. The molecule has 1 aliphatic carbocycles. The monoisotopic (exact) mass is 347 g/mol. The zero-order valence-corrected chi connectivity index (χ0v) is 15.4. The first kappa shape index (κ1) is 18.5. The topological polar surface area (TPSA) is 72.9 Å². The van der Waals surface area contributed by atoms with E-state index in [0.29, 0.717) is 6.54 Å². The Bertz CT molecular complexity index is 529. The second-order valence-electron chi connectivity index (χ2n) is 8.01. The van der Waals surface area contributed by atoms with Gasteiger partial charge in [-0.05, 0) is 64.7 Å². The van der Waals surface area contributed by atoms with Crippen LogP contribution in [-0.2, 0) is 19.0 Å². The number of hydrogen-bond acceptors (Lipinski definition) is 5. The molecule has 0 aromatic carbocycles. The third kappa shape index (κ3) is 5.64. The number of hydrogen-bond donors (Lipinski definition) is 0. The summed E-state index contributed by atoms with van der Waals surface area (Å²) >= 11 is 0. The molecule has 0 atom stereocenters. The van der Waals surface area contributed by atoms with E-state index in [1.807, 2.05) is 25.7 Å². The van der Waals surface area contributed by atoms with Gasteiger partial charge >= 0.3 is 6.09 Å². The Labute approximate surface area is 139 Å². The predicted molar refractivity (Wildman–Crippen MR) is 87.7 cm³/mol. The maximum Gasteiger partial charge on any atom is 0.410 e. The number of piperidine rings is 1. The number of nitrogens with zero attached hydrogens (tertiary/aromatic N) is 1. The lowest BCUT2D eigenvalue weighted by molar-refractivity contribution is -0.0126. The molecule has 0 aromatic rings. The van der Waals surface area contributed by atoms with Gasteiger partial charge in [-0.15, -0.1) is 0 Å². The maximum absolute atomic E-state index is 12.3. The summed E-state index contributed by atoms with van der Waals surface area (Å²) in [6.07, 6.45) is 5.94. The summed E-state index contributed by atoms with van der Waals surface area (Å²) < 4.78 is 33.1. The van der Waals surface area contributed by atoms with Crippen LogP contribution < -0.4 is 0 Å². The van der Waals surface area contributed by atoms with E-state index in [1.165, 1.54) is 0 Å². The quantitative estimate of drug-likeness (QED) is 0.718. The fourth-order valence-electron chi connectivity index (χ4n) is 3.65. The largest absolute Gasteiger partial charge is 0.444 e. The van der Waals surface area contributed by atoms with Crippen molar-refractivity contribution in [1.29, 1.82) is 0 Å². The van der Waals surface area contributed by atoms with Crippen molar-refractivity contribution >= 4 is 16.2 Å². The molecular formula is C16H29NO5S. The highest BCUT2D eigenvalue weighted by molar-refractivity contribution is 7.86. The van der Waals surface area contributed by atoms with Gasteiger partial charge in [0.2, 0.25) is 0 Å². The number of amides is 1. The Kier molecular flexibility index (Phi) is 5.31. The standard InChI is InChI=1S/C16H29NO5S/c1-15(2,3)21-14(18)17-11-5-8-16(12-17)9-6-13(7-10-16)22-23(4,19)20/h13H,5-12H2,1-4H3. The van der Waals surface area contributed by atoms with Crippen molar-refractivity contribution in [2.75, 3.05) is 19.3 Å². The number of rotatable bonds is 2. The first-order valence-electron chi connectivity index (χ1n) is 8.34. The molecule has 0 unspecified atom stereocenters. The van der Waals surface area contributed by atoms with Crippen LogP contribution in [0.2, 0.25) is 0 Å². The molecule has 1 heterocycles. The number of carbonyl (C=O) groups excluding carboxylic acids is 1. The maximum atomic E-state index is 12.3. The summed E-state index contributed by atoms with van der Waals surface area (Å²) in [4.78, 5) is 14.1. The summed E-state index contributed by atoms with van der Waals surface area (Å²) in [5.41, 5.74) is -0.394. The Balaban J connectivity index is 1.92.